The number of hydrogen-bond donors (Lipinski definition) is 2. The number of nitrogen functional groups attached to an aromatic ring is 1. The van der Waals surface area contributed by atoms with Gasteiger partial charge >= 0.3 is 11.7 Å². The van der Waals surface area contributed by atoms with Crippen molar-refractivity contribution >= 4 is 23.3 Å². The Labute approximate surface area is 109 Å². The van der Waals surface area contributed by atoms with Gasteiger partial charge in [0.05, 0.1) is 4.92 Å². The van der Waals surface area contributed by atoms with Crippen molar-refractivity contribution in [3.05, 3.63) is 22.2 Å². The molecule has 1 aliphatic heterocycles. The average molecular weight is 266 g/mol. The molecule has 19 heavy (non-hydrogen) atoms. The molecular weight excluding hydrogens is 252 g/mol. The van der Waals surface area contributed by atoms with Crippen LogP contribution in [0.15, 0.2) is 12.1 Å². The Morgan fingerprint density at radius 1 is 1.53 bits per heavy atom. The summed E-state index contributed by atoms with van der Waals surface area (Å²) in [6.45, 7) is 0.557. The lowest BCUT2D eigenvalue weighted by molar-refractivity contribution is -0.384. The molecule has 1 unspecified atom stereocenters. The molecule has 1 saturated heterocycles. The summed E-state index contributed by atoms with van der Waals surface area (Å²) in [6.07, 6.45) is 2.24. The van der Waals surface area contributed by atoms with Gasteiger partial charge in [-0.25, -0.2) is 9.78 Å². The maximum atomic E-state index is 11.2. The molecule has 0 amide bonds. The van der Waals surface area contributed by atoms with Crippen LogP contribution in [0.4, 0.5) is 17.3 Å². The third kappa shape index (κ3) is 2.56. The fourth-order valence-electron chi connectivity index (χ4n) is 2.23. The lowest BCUT2D eigenvalue weighted by Crippen LogP contribution is -2.45. The first-order chi connectivity index (χ1) is 9.00. The third-order valence-corrected chi connectivity index (χ3v) is 3.17. The van der Waals surface area contributed by atoms with Crippen molar-refractivity contribution in [2.75, 3.05) is 17.2 Å². The molecule has 0 aliphatic carbocycles. The molecule has 0 radical (unpaired) electrons. The molecule has 0 aromatic carbocycles. The van der Waals surface area contributed by atoms with Gasteiger partial charge in [-0.3, -0.25) is 10.1 Å². The highest BCUT2D eigenvalue weighted by molar-refractivity contribution is 5.78. The standard InChI is InChI=1S/C11H14N4O4/c12-10-7(15(18)19)4-5-9(13-10)14-6-2-1-3-8(14)11(16)17/h4-5,8H,1-3,6H2,(H2,12,13)(H,16,17). The highest BCUT2D eigenvalue weighted by atomic mass is 16.6. The van der Waals surface area contributed by atoms with E-state index in [0.29, 0.717) is 18.8 Å². The number of nitro groups is 1. The number of piperidine rings is 1. The number of carboxylic acid groups (broad SMARTS) is 1. The highest BCUT2D eigenvalue weighted by Gasteiger charge is 2.30. The van der Waals surface area contributed by atoms with Crippen LogP contribution in [-0.2, 0) is 4.79 Å². The number of anilines is 2. The largest absolute Gasteiger partial charge is 0.480 e. The first kappa shape index (κ1) is 13.1. The van der Waals surface area contributed by atoms with Crippen molar-refractivity contribution in [1.29, 1.82) is 0 Å². The maximum Gasteiger partial charge on any atom is 0.326 e. The molecule has 2 heterocycles. The van der Waals surface area contributed by atoms with Crippen LogP contribution in [-0.4, -0.2) is 33.6 Å². The quantitative estimate of drug-likeness (QED) is 0.618. The lowest BCUT2D eigenvalue weighted by Gasteiger charge is -2.33. The SMILES string of the molecule is Nc1nc(N2CCCCC2C(=O)O)ccc1[N+](=O)[O-]. The van der Waals surface area contributed by atoms with Crippen LogP contribution in [0.3, 0.4) is 0 Å². The fourth-order valence-corrected chi connectivity index (χ4v) is 2.23. The highest BCUT2D eigenvalue weighted by Crippen LogP contribution is 2.27. The van der Waals surface area contributed by atoms with E-state index in [4.69, 9.17) is 5.73 Å². The minimum atomic E-state index is -0.918. The van der Waals surface area contributed by atoms with Crippen LogP contribution in [0.5, 0.6) is 0 Å². The van der Waals surface area contributed by atoms with Gasteiger partial charge < -0.3 is 15.7 Å². The number of nitrogens with two attached hydrogens (primary N) is 1. The number of pyridine rings is 1. The molecule has 1 aliphatic rings. The summed E-state index contributed by atoms with van der Waals surface area (Å²) in [5.74, 6) is -0.745. The summed E-state index contributed by atoms with van der Waals surface area (Å²) in [5.41, 5.74) is 5.25. The Balaban J connectivity index is 2.32. The molecule has 1 atom stereocenters. The van der Waals surface area contributed by atoms with Crippen LogP contribution >= 0.6 is 0 Å². The summed E-state index contributed by atoms with van der Waals surface area (Å²) in [6, 6.07) is 2.04. The molecule has 102 valence electrons. The van der Waals surface area contributed by atoms with Crippen LogP contribution in [0.2, 0.25) is 0 Å². The Morgan fingerprint density at radius 3 is 2.84 bits per heavy atom. The summed E-state index contributed by atoms with van der Waals surface area (Å²) in [5, 5.41) is 19.8. The van der Waals surface area contributed by atoms with Crippen molar-refractivity contribution in [1.82, 2.24) is 4.98 Å². The van der Waals surface area contributed by atoms with Crippen molar-refractivity contribution in [2.45, 2.75) is 25.3 Å². The first-order valence-corrected chi connectivity index (χ1v) is 5.91. The van der Waals surface area contributed by atoms with E-state index in [2.05, 4.69) is 4.98 Å². The maximum absolute atomic E-state index is 11.2. The number of nitrogens with zero attached hydrogens (tertiary/aromatic N) is 3. The van der Waals surface area contributed by atoms with Crippen LogP contribution in [0, 0.1) is 10.1 Å². The monoisotopic (exact) mass is 266 g/mol. The van der Waals surface area contributed by atoms with Crippen molar-refractivity contribution in [3.63, 3.8) is 0 Å². The first-order valence-electron chi connectivity index (χ1n) is 5.91. The van der Waals surface area contributed by atoms with E-state index < -0.39 is 16.9 Å². The molecule has 0 saturated carbocycles. The van der Waals surface area contributed by atoms with Gasteiger partial charge in [-0.1, -0.05) is 0 Å². The Kier molecular flexibility index (Phi) is 3.50. The predicted molar refractivity (Wildman–Crippen MR) is 67.9 cm³/mol. The molecule has 1 aromatic rings. The van der Waals surface area contributed by atoms with E-state index in [1.54, 1.807) is 4.90 Å². The van der Waals surface area contributed by atoms with E-state index in [-0.39, 0.29) is 11.5 Å². The van der Waals surface area contributed by atoms with E-state index in [1.165, 1.54) is 12.1 Å². The van der Waals surface area contributed by atoms with Gasteiger partial charge in [0.15, 0.2) is 0 Å². The zero-order valence-electron chi connectivity index (χ0n) is 10.2. The second-order valence-electron chi connectivity index (χ2n) is 4.37. The van der Waals surface area contributed by atoms with Gasteiger partial charge in [0.25, 0.3) is 0 Å². The van der Waals surface area contributed by atoms with E-state index >= 15 is 0 Å². The number of carbonyl (C=O) groups is 1. The molecule has 1 aromatic heterocycles. The van der Waals surface area contributed by atoms with Gasteiger partial charge in [-0.2, -0.15) is 0 Å². The Hall–Kier alpha value is -2.38. The predicted octanol–water partition coefficient (Wildman–Crippen LogP) is 1.02. The van der Waals surface area contributed by atoms with Crippen LogP contribution < -0.4 is 10.6 Å². The third-order valence-electron chi connectivity index (χ3n) is 3.17. The van der Waals surface area contributed by atoms with E-state index in [9.17, 15) is 20.0 Å². The second kappa shape index (κ2) is 5.09. The number of aromatic nitrogens is 1. The molecule has 2 rings (SSSR count). The van der Waals surface area contributed by atoms with Gasteiger partial charge in [-0.05, 0) is 25.3 Å². The normalized spacial score (nSPS) is 19.2. The minimum Gasteiger partial charge on any atom is -0.480 e. The average Bonchev–Trinajstić information content (AvgIpc) is 2.38. The molecule has 3 N–H and O–H groups in total. The summed E-state index contributed by atoms with van der Waals surface area (Å²) in [7, 11) is 0. The zero-order valence-corrected chi connectivity index (χ0v) is 10.2. The van der Waals surface area contributed by atoms with Gasteiger partial charge in [0.2, 0.25) is 5.82 Å². The number of carboxylic acids is 1. The van der Waals surface area contributed by atoms with Crippen molar-refractivity contribution < 1.29 is 14.8 Å². The molecule has 8 heteroatoms. The molecule has 1 fully saturated rings. The van der Waals surface area contributed by atoms with Gasteiger partial charge in [-0.15, -0.1) is 0 Å². The summed E-state index contributed by atoms with van der Waals surface area (Å²) < 4.78 is 0. The summed E-state index contributed by atoms with van der Waals surface area (Å²) in [4.78, 5) is 26.8. The zero-order chi connectivity index (χ0) is 14.0. The van der Waals surface area contributed by atoms with Gasteiger partial charge in [0, 0.05) is 12.6 Å². The molecule has 0 spiro atoms. The topological polar surface area (TPSA) is 123 Å². The van der Waals surface area contributed by atoms with Gasteiger partial charge in [0.1, 0.15) is 11.9 Å². The smallest absolute Gasteiger partial charge is 0.326 e. The molecule has 8 nitrogen and oxygen atoms in total. The minimum absolute atomic E-state index is 0.197. The number of rotatable bonds is 3. The number of hydrogen-bond acceptors (Lipinski definition) is 6. The van der Waals surface area contributed by atoms with E-state index in [0.717, 1.165) is 12.8 Å². The Morgan fingerprint density at radius 2 is 2.26 bits per heavy atom. The molecular formula is C11H14N4O4. The van der Waals surface area contributed by atoms with Crippen molar-refractivity contribution in [2.24, 2.45) is 0 Å². The Bertz CT molecular complexity index is 519. The van der Waals surface area contributed by atoms with Crippen LogP contribution in [0.25, 0.3) is 0 Å². The second-order valence-corrected chi connectivity index (χ2v) is 4.37. The molecule has 0 bridgehead atoms. The van der Waals surface area contributed by atoms with Crippen molar-refractivity contribution in [3.8, 4) is 0 Å². The number of aliphatic carboxylic acids is 1. The van der Waals surface area contributed by atoms with Crippen LogP contribution in [0.1, 0.15) is 19.3 Å². The van der Waals surface area contributed by atoms with E-state index in [1.807, 2.05) is 0 Å². The summed E-state index contributed by atoms with van der Waals surface area (Å²) >= 11 is 0. The fraction of sp³-hybridized carbons (Fsp3) is 0.455. The lowest BCUT2D eigenvalue weighted by atomic mass is 10.0.